The third kappa shape index (κ3) is 88.0. The van der Waals surface area contributed by atoms with Crippen LogP contribution in [0.4, 0.5) is 0 Å². The molecule has 0 amide bonds. The first-order valence-corrected chi connectivity index (χ1v) is 2.67. The van der Waals surface area contributed by atoms with Gasteiger partial charge in [-0.2, -0.15) is 0 Å². The van der Waals surface area contributed by atoms with Gasteiger partial charge in [0.25, 0.3) is 0 Å². The topological polar surface area (TPSA) is 74.6 Å². The van der Waals surface area contributed by atoms with Gasteiger partial charge in [0.1, 0.15) is 0 Å². The quantitative estimate of drug-likeness (QED) is 0.448. The second kappa shape index (κ2) is 5.81. The summed E-state index contributed by atoms with van der Waals surface area (Å²) in [4.78, 5) is 0. The molecular weight excluding hydrogens is 170 g/mol. The first-order chi connectivity index (χ1) is 2.00. The predicted octanol–water partition coefficient (Wildman–Crippen LogP) is -1.37. The molecule has 0 fully saturated rings. The van der Waals surface area contributed by atoms with Gasteiger partial charge in [-0.1, -0.05) is 7.43 Å². The van der Waals surface area contributed by atoms with Crippen LogP contribution in [0.25, 0.3) is 0 Å². The molecule has 0 heterocycles. The summed E-state index contributed by atoms with van der Waals surface area (Å²) < 4.78 is 31.8. The van der Waals surface area contributed by atoms with Crippen LogP contribution in [0.5, 0.6) is 0 Å². The van der Waals surface area contributed by atoms with Crippen LogP contribution >= 0.6 is 0 Å². The van der Waals surface area contributed by atoms with E-state index in [-0.39, 0.29) is 58.8 Å². The van der Waals surface area contributed by atoms with Crippen LogP contribution in [0.3, 0.4) is 0 Å². The van der Waals surface area contributed by atoms with Crippen molar-refractivity contribution in [3.05, 3.63) is 0 Å². The first kappa shape index (κ1) is 15.9. The molecule has 0 spiro atoms. The van der Waals surface area contributed by atoms with Crippen LogP contribution in [0.15, 0.2) is 0 Å². The number of hydrogen-bond donors (Lipinski definition) is 2. The van der Waals surface area contributed by atoms with E-state index in [4.69, 9.17) is 16.0 Å². The van der Waals surface area contributed by atoms with Crippen molar-refractivity contribution in [3.8, 4) is 0 Å². The van der Waals surface area contributed by atoms with Gasteiger partial charge in [0.15, 0.2) is 0 Å². The van der Waals surface area contributed by atoms with Gasteiger partial charge in [0.2, 0.25) is 0 Å². The van der Waals surface area contributed by atoms with E-state index in [1.807, 2.05) is 0 Å². The van der Waals surface area contributed by atoms with Gasteiger partial charge in [0, 0.05) is 0 Å². The molecule has 0 aromatic carbocycles. The fraction of sp³-hybridized carbons (Fsp3) is 1.00. The standard InChI is InChI=1S/CH4.K.Mn.2H2O.2O.H/h1H4;;;2*1H2;;;/q;;+2;;;;;/p-2. The molecule has 0 aliphatic rings. The maximum atomic E-state index is 8.80. The Labute approximate surface area is 86.6 Å². The van der Waals surface area contributed by atoms with E-state index in [0.29, 0.717) is 0 Å². The summed E-state index contributed by atoms with van der Waals surface area (Å²) in [6, 6.07) is 0. The molecule has 0 aromatic rings. The van der Waals surface area contributed by atoms with Crippen molar-refractivity contribution < 1.29 is 29.4 Å². The molecule has 0 saturated heterocycles. The predicted molar refractivity (Wildman–Crippen MR) is 19.7 cm³/mol. The number of hydrogen-bond acceptors (Lipinski definition) is 2. The monoisotopic (exact) mass is 177 g/mol. The van der Waals surface area contributed by atoms with Gasteiger partial charge in [-0.3, -0.25) is 0 Å². The Bertz CT molecular complexity index is 94.9. The molecule has 0 atom stereocenters. The summed E-state index contributed by atoms with van der Waals surface area (Å²) in [7, 11) is 0. The molecule has 2 N–H and O–H groups in total. The molecule has 6 heteroatoms. The second-order valence-electron chi connectivity index (χ2n) is 0.415. The van der Waals surface area contributed by atoms with Crippen LogP contribution in [0.1, 0.15) is 7.43 Å². The molecule has 0 aromatic heterocycles. The van der Waals surface area contributed by atoms with Crippen molar-refractivity contribution in [2.45, 2.75) is 7.43 Å². The SMILES string of the molecule is C.[KH].[O]=[Mn](=[O])([OH])[OH]. The van der Waals surface area contributed by atoms with E-state index in [1.165, 1.54) is 0 Å². The van der Waals surface area contributed by atoms with Crippen LogP contribution < -0.4 is 0 Å². The Kier molecular flexibility index (Phi) is 13.2. The summed E-state index contributed by atoms with van der Waals surface area (Å²) in [6.07, 6.45) is 0. The molecule has 0 bridgehead atoms. The summed E-state index contributed by atoms with van der Waals surface area (Å²) in [5.41, 5.74) is 0. The number of rotatable bonds is 0. The maximum absolute atomic E-state index is 8.80. The Hall–Kier alpha value is 1.68. The Morgan fingerprint density at radius 3 is 1.14 bits per heavy atom. The van der Waals surface area contributed by atoms with Crippen LogP contribution in [0.2, 0.25) is 0 Å². The average molecular weight is 177 g/mol. The Morgan fingerprint density at radius 1 is 1.14 bits per heavy atom. The third-order valence-electron chi connectivity index (χ3n) is 0. The zero-order valence-corrected chi connectivity index (χ0v) is 3.27. The third-order valence-corrected chi connectivity index (χ3v) is 0. The average Bonchev–Trinajstić information content (AvgIpc) is 0.722. The van der Waals surface area contributed by atoms with E-state index < -0.39 is 13.4 Å². The van der Waals surface area contributed by atoms with Crippen molar-refractivity contribution in [3.63, 3.8) is 0 Å². The molecule has 0 radical (unpaired) electrons. The zero-order valence-electron chi connectivity index (χ0n) is 2.09. The van der Waals surface area contributed by atoms with Crippen LogP contribution in [0, 0.1) is 0 Å². The molecule has 0 unspecified atom stereocenters. The van der Waals surface area contributed by atoms with E-state index in [0.717, 1.165) is 0 Å². The fourth-order valence-electron chi connectivity index (χ4n) is 0. The van der Waals surface area contributed by atoms with Gasteiger partial charge in [-0.15, -0.1) is 0 Å². The fourth-order valence-corrected chi connectivity index (χ4v) is 0. The summed E-state index contributed by atoms with van der Waals surface area (Å²) in [6.45, 7) is 0. The summed E-state index contributed by atoms with van der Waals surface area (Å²) >= 11 is -5.12. The van der Waals surface area contributed by atoms with E-state index in [2.05, 4.69) is 0 Å². The molecule has 0 aliphatic carbocycles. The van der Waals surface area contributed by atoms with Gasteiger partial charge >= 0.3 is 80.8 Å². The van der Waals surface area contributed by atoms with Gasteiger partial charge in [0.05, 0.1) is 0 Å². The molecule has 7 heavy (non-hydrogen) atoms. The second-order valence-corrected chi connectivity index (χ2v) is 1.71. The molecule has 0 rings (SSSR count). The van der Waals surface area contributed by atoms with E-state index in [9.17, 15) is 0 Å². The molecule has 0 aliphatic heterocycles. The van der Waals surface area contributed by atoms with Crippen molar-refractivity contribution in [2.24, 2.45) is 0 Å². The van der Waals surface area contributed by atoms with Crippen molar-refractivity contribution in [2.75, 3.05) is 0 Å². The van der Waals surface area contributed by atoms with Gasteiger partial charge < -0.3 is 0 Å². The summed E-state index contributed by atoms with van der Waals surface area (Å²) in [5, 5.41) is 0. The van der Waals surface area contributed by atoms with E-state index in [1.54, 1.807) is 0 Å². The Balaban J connectivity index is -0.0000000800. The molecule has 0 saturated carbocycles. The zero-order chi connectivity index (χ0) is 4.50. The van der Waals surface area contributed by atoms with Crippen molar-refractivity contribution in [1.29, 1.82) is 0 Å². The van der Waals surface area contributed by atoms with Crippen LogP contribution in [-0.4, -0.2) is 59.8 Å². The minimum absolute atomic E-state index is 0. The van der Waals surface area contributed by atoms with Crippen molar-refractivity contribution >= 4 is 51.4 Å². The van der Waals surface area contributed by atoms with Gasteiger partial charge in [-0.05, 0) is 0 Å². The van der Waals surface area contributed by atoms with Crippen LogP contribution in [-0.2, 0) is 21.0 Å². The summed E-state index contributed by atoms with van der Waals surface area (Å²) in [5.74, 6) is 0. The first-order valence-electron chi connectivity index (χ1n) is 0.647. The van der Waals surface area contributed by atoms with Crippen molar-refractivity contribution in [1.82, 2.24) is 0 Å². The normalized spacial score (nSPS) is 8.29. The molecule has 4 nitrogen and oxygen atoms in total. The molecule has 43 valence electrons. The van der Waals surface area contributed by atoms with Gasteiger partial charge in [-0.25, -0.2) is 0 Å². The minimum atomic E-state index is -5.12. The Morgan fingerprint density at radius 2 is 1.14 bits per heavy atom. The molecular formula is CH7KMnO4. The van der Waals surface area contributed by atoms with E-state index >= 15 is 0 Å².